The van der Waals surface area contributed by atoms with Crippen molar-refractivity contribution in [2.24, 2.45) is 5.41 Å². The van der Waals surface area contributed by atoms with Crippen LogP contribution in [-0.2, 0) is 0 Å². The van der Waals surface area contributed by atoms with Crippen LogP contribution >= 0.6 is 0 Å². The van der Waals surface area contributed by atoms with E-state index in [2.05, 4.69) is 70.1 Å². The molecule has 1 aliphatic carbocycles. The van der Waals surface area contributed by atoms with Crippen LogP contribution in [0.15, 0.2) is 42.0 Å². The molecule has 0 heterocycles. The molecule has 0 radical (unpaired) electrons. The number of nitrogens with zero attached hydrogens (tertiary/aromatic N) is 1. The van der Waals surface area contributed by atoms with Gasteiger partial charge in [0.05, 0.1) is 6.10 Å². The first-order chi connectivity index (χ1) is 9.79. The molecule has 1 aliphatic rings. The monoisotopic (exact) mass is 285 g/mol. The van der Waals surface area contributed by atoms with Gasteiger partial charge in [-0.2, -0.15) is 0 Å². The van der Waals surface area contributed by atoms with E-state index in [4.69, 9.17) is 0 Å². The zero-order valence-electron chi connectivity index (χ0n) is 13.9. The van der Waals surface area contributed by atoms with Gasteiger partial charge in [-0.1, -0.05) is 57.2 Å². The molecular formula is C19H27NO. The smallest absolute Gasteiger partial charge is 0.0844 e. The van der Waals surface area contributed by atoms with Gasteiger partial charge in [0.15, 0.2) is 0 Å². The Hall–Kier alpha value is -1.38. The minimum absolute atomic E-state index is 0.158. The molecule has 0 spiro atoms. The van der Waals surface area contributed by atoms with Crippen molar-refractivity contribution in [3.63, 3.8) is 0 Å². The average Bonchev–Trinajstić information content (AvgIpc) is 2.84. The summed E-state index contributed by atoms with van der Waals surface area (Å²) < 4.78 is 0. The van der Waals surface area contributed by atoms with Gasteiger partial charge in [0, 0.05) is 6.54 Å². The Morgan fingerprint density at radius 2 is 1.86 bits per heavy atom. The van der Waals surface area contributed by atoms with E-state index in [9.17, 15) is 5.11 Å². The van der Waals surface area contributed by atoms with Crippen LogP contribution in [0.3, 0.4) is 0 Å². The van der Waals surface area contributed by atoms with Crippen molar-refractivity contribution in [3.05, 3.63) is 53.1 Å². The lowest BCUT2D eigenvalue weighted by Gasteiger charge is -2.28. The molecule has 2 nitrogen and oxygen atoms in total. The third-order valence-corrected chi connectivity index (χ3v) is 3.86. The van der Waals surface area contributed by atoms with Crippen LogP contribution in [-0.4, -0.2) is 30.6 Å². The minimum Gasteiger partial charge on any atom is -0.388 e. The normalized spacial score (nSPS) is 16.9. The fourth-order valence-electron chi connectivity index (χ4n) is 2.74. The summed E-state index contributed by atoms with van der Waals surface area (Å²) >= 11 is 0. The third kappa shape index (κ3) is 3.84. The van der Waals surface area contributed by atoms with Gasteiger partial charge in [-0.15, -0.1) is 0 Å². The largest absolute Gasteiger partial charge is 0.388 e. The van der Waals surface area contributed by atoms with Crippen molar-refractivity contribution in [2.75, 3.05) is 20.6 Å². The number of aliphatic hydroxyl groups is 1. The van der Waals surface area contributed by atoms with Crippen LogP contribution in [0.1, 0.15) is 44.4 Å². The molecule has 21 heavy (non-hydrogen) atoms. The highest BCUT2D eigenvalue weighted by atomic mass is 16.3. The molecule has 0 saturated carbocycles. The van der Waals surface area contributed by atoms with Crippen molar-refractivity contribution in [1.82, 2.24) is 4.90 Å². The molecule has 2 rings (SSSR count). The van der Waals surface area contributed by atoms with Crippen molar-refractivity contribution in [1.29, 1.82) is 0 Å². The first kappa shape index (κ1) is 16.0. The van der Waals surface area contributed by atoms with Crippen molar-refractivity contribution >= 4 is 5.57 Å². The maximum Gasteiger partial charge on any atom is 0.0844 e. The first-order valence-electron chi connectivity index (χ1n) is 7.60. The molecule has 0 amide bonds. The molecule has 0 aliphatic heterocycles. The number of hydrogen-bond donors (Lipinski definition) is 1. The average molecular weight is 285 g/mol. The number of allylic oxidation sites excluding steroid dienone is 2. The van der Waals surface area contributed by atoms with Crippen LogP contribution in [0.2, 0.25) is 0 Å². The Balaban J connectivity index is 2.31. The van der Waals surface area contributed by atoms with Crippen molar-refractivity contribution in [3.8, 4) is 0 Å². The van der Waals surface area contributed by atoms with Gasteiger partial charge < -0.3 is 10.0 Å². The van der Waals surface area contributed by atoms with Gasteiger partial charge in [-0.3, -0.25) is 0 Å². The van der Waals surface area contributed by atoms with Gasteiger partial charge in [0.1, 0.15) is 0 Å². The van der Waals surface area contributed by atoms with E-state index < -0.39 is 6.10 Å². The fraction of sp³-hybridized carbons (Fsp3) is 0.474. The highest BCUT2D eigenvalue weighted by Crippen LogP contribution is 2.38. The molecule has 114 valence electrons. The second kappa shape index (κ2) is 6.17. The molecule has 1 atom stereocenters. The lowest BCUT2D eigenvalue weighted by Crippen LogP contribution is -2.19. The van der Waals surface area contributed by atoms with E-state index in [1.165, 1.54) is 16.7 Å². The Bertz CT molecular complexity index is 561. The number of aliphatic hydroxyl groups excluding tert-OH is 1. The van der Waals surface area contributed by atoms with E-state index in [0.717, 1.165) is 18.5 Å². The molecule has 2 heteroatoms. The van der Waals surface area contributed by atoms with Crippen LogP contribution < -0.4 is 0 Å². The number of rotatable bonds is 4. The number of likely N-dealkylation sites (N-methyl/N-ethyl adjacent to an activating group) is 1. The minimum atomic E-state index is -0.451. The van der Waals surface area contributed by atoms with Crippen LogP contribution in [0, 0.1) is 5.41 Å². The molecule has 0 aromatic heterocycles. The van der Waals surface area contributed by atoms with Gasteiger partial charge in [-0.05, 0) is 48.2 Å². The number of benzene rings is 1. The summed E-state index contributed by atoms with van der Waals surface area (Å²) in [6.07, 6.45) is 5.06. The Labute approximate surface area is 128 Å². The number of hydrogen-bond acceptors (Lipinski definition) is 2. The lowest BCUT2D eigenvalue weighted by atomic mass is 9.81. The van der Waals surface area contributed by atoms with Crippen LogP contribution in [0.25, 0.3) is 5.57 Å². The summed E-state index contributed by atoms with van der Waals surface area (Å²) in [6, 6.07) is 8.25. The standard InChI is InChI=1S/C19H27NO/c1-19(2,3)18(21)17-9-7-6-8-16(17)15-11-10-14(12-15)13-20(4)5/h6-10,12,18,21H,11,13H2,1-5H3. The Kier molecular flexibility index (Phi) is 4.70. The Morgan fingerprint density at radius 3 is 2.48 bits per heavy atom. The van der Waals surface area contributed by atoms with E-state index in [1.807, 2.05) is 6.07 Å². The van der Waals surface area contributed by atoms with E-state index >= 15 is 0 Å². The summed E-state index contributed by atoms with van der Waals surface area (Å²) in [5.74, 6) is 0. The zero-order chi connectivity index (χ0) is 15.6. The summed E-state index contributed by atoms with van der Waals surface area (Å²) in [5.41, 5.74) is 4.73. The molecule has 0 bridgehead atoms. The van der Waals surface area contributed by atoms with Gasteiger partial charge in [0.2, 0.25) is 0 Å². The van der Waals surface area contributed by atoms with Crippen LogP contribution in [0.5, 0.6) is 0 Å². The maximum absolute atomic E-state index is 10.7. The highest BCUT2D eigenvalue weighted by Gasteiger charge is 2.26. The zero-order valence-corrected chi connectivity index (χ0v) is 13.9. The quantitative estimate of drug-likeness (QED) is 0.902. The molecule has 1 aromatic carbocycles. The lowest BCUT2D eigenvalue weighted by molar-refractivity contribution is 0.0624. The first-order valence-corrected chi connectivity index (χ1v) is 7.60. The fourth-order valence-corrected chi connectivity index (χ4v) is 2.74. The molecule has 1 unspecified atom stereocenters. The summed E-state index contributed by atoms with van der Waals surface area (Å²) in [4.78, 5) is 2.18. The summed E-state index contributed by atoms with van der Waals surface area (Å²) in [5, 5.41) is 10.7. The maximum atomic E-state index is 10.7. The summed E-state index contributed by atoms with van der Waals surface area (Å²) in [7, 11) is 4.17. The molecule has 0 fully saturated rings. The van der Waals surface area contributed by atoms with Gasteiger partial charge in [-0.25, -0.2) is 0 Å². The molecule has 1 N–H and O–H groups in total. The van der Waals surface area contributed by atoms with Crippen LogP contribution in [0.4, 0.5) is 0 Å². The van der Waals surface area contributed by atoms with E-state index in [-0.39, 0.29) is 5.41 Å². The van der Waals surface area contributed by atoms with E-state index in [1.54, 1.807) is 0 Å². The predicted molar refractivity (Wildman–Crippen MR) is 90.1 cm³/mol. The van der Waals surface area contributed by atoms with Gasteiger partial charge in [0.25, 0.3) is 0 Å². The van der Waals surface area contributed by atoms with E-state index in [0.29, 0.717) is 0 Å². The second-order valence-corrected chi connectivity index (χ2v) is 7.25. The van der Waals surface area contributed by atoms with Crippen molar-refractivity contribution < 1.29 is 5.11 Å². The molecular weight excluding hydrogens is 258 g/mol. The van der Waals surface area contributed by atoms with Crippen molar-refractivity contribution in [2.45, 2.75) is 33.3 Å². The summed E-state index contributed by atoms with van der Waals surface area (Å²) in [6.45, 7) is 7.20. The van der Waals surface area contributed by atoms with Gasteiger partial charge >= 0.3 is 0 Å². The topological polar surface area (TPSA) is 23.5 Å². The molecule has 1 aromatic rings. The Morgan fingerprint density at radius 1 is 1.19 bits per heavy atom. The highest BCUT2D eigenvalue weighted by molar-refractivity contribution is 5.75. The second-order valence-electron chi connectivity index (χ2n) is 7.25. The molecule has 0 saturated heterocycles. The predicted octanol–water partition coefficient (Wildman–Crippen LogP) is 4.04. The SMILES string of the molecule is CN(C)CC1=CCC(c2ccccc2C(O)C(C)(C)C)=C1. The third-order valence-electron chi connectivity index (χ3n) is 3.86.